The van der Waals surface area contributed by atoms with Gasteiger partial charge in [-0.2, -0.15) is 0 Å². The topological polar surface area (TPSA) is 65.7 Å². The van der Waals surface area contributed by atoms with Crippen molar-refractivity contribution in [2.45, 2.75) is 45.7 Å². The quantitative estimate of drug-likeness (QED) is 0.335. The molecule has 0 saturated carbocycles. The minimum absolute atomic E-state index is 0. The van der Waals surface area contributed by atoms with Gasteiger partial charge < -0.3 is 20.1 Å². The van der Waals surface area contributed by atoms with Crippen molar-refractivity contribution in [1.82, 2.24) is 15.8 Å². The molecule has 0 bridgehead atoms. The number of aromatic nitrogens is 1. The Morgan fingerprint density at radius 3 is 2.48 bits per heavy atom. The number of guanidine groups is 1. The molecule has 0 atom stereocenters. The Kier molecular flexibility index (Phi) is 10.2. The number of hydrogen-bond donors (Lipinski definition) is 2. The number of anilines is 1. The predicted molar refractivity (Wildman–Crippen MR) is 123 cm³/mol. The normalized spacial score (nSPS) is 11.3. The van der Waals surface area contributed by atoms with E-state index in [0.29, 0.717) is 19.0 Å². The van der Waals surface area contributed by atoms with Crippen LogP contribution in [0.1, 0.15) is 49.6 Å². The van der Waals surface area contributed by atoms with Crippen LogP contribution in [-0.4, -0.2) is 32.3 Å². The van der Waals surface area contributed by atoms with Crippen LogP contribution in [0.2, 0.25) is 0 Å². The van der Waals surface area contributed by atoms with Gasteiger partial charge in [-0.1, -0.05) is 31.1 Å². The summed E-state index contributed by atoms with van der Waals surface area (Å²) in [5.74, 6) is 2.03. The van der Waals surface area contributed by atoms with E-state index in [1.54, 1.807) is 7.05 Å². The van der Waals surface area contributed by atoms with Crippen molar-refractivity contribution in [1.29, 1.82) is 0 Å². The van der Waals surface area contributed by atoms with Gasteiger partial charge in [-0.3, -0.25) is 4.99 Å². The van der Waals surface area contributed by atoms with Crippen LogP contribution < -0.4 is 15.5 Å². The van der Waals surface area contributed by atoms with Gasteiger partial charge in [0.15, 0.2) is 11.7 Å². The summed E-state index contributed by atoms with van der Waals surface area (Å²) in [5, 5.41) is 10.8. The highest BCUT2D eigenvalue weighted by atomic mass is 127. The first-order chi connectivity index (χ1) is 12.6. The Hall–Kier alpha value is -1.77. The highest BCUT2D eigenvalue weighted by Crippen LogP contribution is 2.22. The van der Waals surface area contributed by atoms with Crippen LogP contribution in [0.3, 0.4) is 0 Å². The van der Waals surface area contributed by atoms with Crippen LogP contribution in [0.5, 0.6) is 0 Å². The van der Waals surface area contributed by atoms with E-state index < -0.39 is 0 Å². The number of nitrogens with zero attached hydrogens (tertiary/aromatic N) is 3. The number of rotatable bonds is 8. The van der Waals surface area contributed by atoms with E-state index in [4.69, 9.17) is 4.52 Å². The van der Waals surface area contributed by atoms with Gasteiger partial charge >= 0.3 is 0 Å². The lowest BCUT2D eigenvalue weighted by molar-refractivity contribution is 0.368. The Bertz CT molecular complexity index is 710. The molecule has 0 amide bonds. The molecule has 7 heteroatoms. The summed E-state index contributed by atoms with van der Waals surface area (Å²) < 4.78 is 5.45. The van der Waals surface area contributed by atoms with Crippen molar-refractivity contribution in [3.8, 4) is 0 Å². The number of nitrogens with one attached hydrogen (secondary N) is 2. The smallest absolute Gasteiger partial charge is 0.191 e. The van der Waals surface area contributed by atoms with Crippen molar-refractivity contribution in [3.63, 3.8) is 0 Å². The predicted octanol–water partition coefficient (Wildman–Crippen LogP) is 4.13. The fraction of sp³-hybridized carbons (Fsp3) is 0.500. The van der Waals surface area contributed by atoms with Crippen LogP contribution in [0.15, 0.2) is 39.8 Å². The average molecular weight is 485 g/mol. The van der Waals surface area contributed by atoms with E-state index in [1.165, 1.54) is 11.3 Å². The van der Waals surface area contributed by atoms with Gasteiger partial charge in [-0.15, -0.1) is 24.0 Å². The monoisotopic (exact) mass is 485 g/mol. The van der Waals surface area contributed by atoms with Crippen LogP contribution in [-0.2, 0) is 13.1 Å². The third kappa shape index (κ3) is 7.04. The molecule has 2 N–H and O–H groups in total. The van der Waals surface area contributed by atoms with E-state index in [2.05, 4.69) is 63.8 Å². The maximum absolute atomic E-state index is 5.45. The van der Waals surface area contributed by atoms with Gasteiger partial charge in [0.25, 0.3) is 0 Å². The van der Waals surface area contributed by atoms with Crippen LogP contribution >= 0.6 is 24.0 Å². The average Bonchev–Trinajstić information content (AvgIpc) is 3.12. The first kappa shape index (κ1) is 23.3. The molecule has 0 aliphatic heterocycles. The fourth-order valence-electron chi connectivity index (χ4n) is 2.83. The van der Waals surface area contributed by atoms with Crippen molar-refractivity contribution in [2.75, 3.05) is 26.0 Å². The van der Waals surface area contributed by atoms with Crippen LogP contribution in [0.25, 0.3) is 0 Å². The standard InChI is InChI=1S/C20H31N5O.HI/c1-6-16(7-2)19-12-18(26-24-19)14-23-20(21-3)22-13-15-9-8-10-17(11-15)25(4)5;/h8-12,16H,6-7,13-14H2,1-5H3,(H2,21,22,23);1H. The number of aliphatic imine (C=N–C) groups is 1. The fourth-order valence-corrected chi connectivity index (χ4v) is 2.83. The highest BCUT2D eigenvalue weighted by molar-refractivity contribution is 14.0. The Morgan fingerprint density at radius 1 is 1.15 bits per heavy atom. The summed E-state index contributed by atoms with van der Waals surface area (Å²) in [6, 6.07) is 10.5. The molecule has 6 nitrogen and oxygen atoms in total. The van der Waals surface area contributed by atoms with Gasteiger partial charge in [-0.05, 0) is 30.5 Å². The van der Waals surface area contributed by atoms with Crippen molar-refractivity contribution >= 4 is 35.6 Å². The largest absolute Gasteiger partial charge is 0.378 e. The van der Waals surface area contributed by atoms with Crippen LogP contribution in [0.4, 0.5) is 5.69 Å². The third-order valence-corrected chi connectivity index (χ3v) is 4.52. The van der Waals surface area contributed by atoms with Crippen LogP contribution in [0, 0.1) is 0 Å². The van der Waals surface area contributed by atoms with E-state index in [9.17, 15) is 0 Å². The maximum atomic E-state index is 5.45. The summed E-state index contributed by atoms with van der Waals surface area (Å²) in [5.41, 5.74) is 3.42. The first-order valence-corrected chi connectivity index (χ1v) is 9.23. The minimum Gasteiger partial charge on any atom is -0.378 e. The molecule has 150 valence electrons. The van der Waals surface area contributed by atoms with E-state index in [-0.39, 0.29) is 24.0 Å². The zero-order valence-electron chi connectivity index (χ0n) is 17.0. The second-order valence-electron chi connectivity index (χ2n) is 6.58. The molecule has 1 aromatic heterocycles. The first-order valence-electron chi connectivity index (χ1n) is 9.23. The summed E-state index contributed by atoms with van der Waals surface area (Å²) in [6.45, 7) is 5.62. The molecule has 0 aliphatic rings. The second kappa shape index (κ2) is 11.8. The van der Waals surface area contributed by atoms with Gasteiger partial charge in [0.05, 0.1) is 12.2 Å². The molecular weight excluding hydrogens is 453 g/mol. The molecule has 0 aliphatic carbocycles. The molecule has 2 rings (SSSR count). The zero-order chi connectivity index (χ0) is 18.9. The van der Waals surface area contributed by atoms with Gasteiger partial charge in [0, 0.05) is 45.4 Å². The number of benzene rings is 1. The Labute approximate surface area is 179 Å². The van der Waals surface area contributed by atoms with Gasteiger partial charge in [0.2, 0.25) is 0 Å². The summed E-state index contributed by atoms with van der Waals surface area (Å²) in [4.78, 5) is 6.37. The summed E-state index contributed by atoms with van der Waals surface area (Å²) in [7, 11) is 5.85. The molecule has 0 saturated heterocycles. The minimum atomic E-state index is 0. The van der Waals surface area contributed by atoms with E-state index in [1.807, 2.05) is 20.2 Å². The lowest BCUT2D eigenvalue weighted by atomic mass is 9.99. The lowest BCUT2D eigenvalue weighted by Gasteiger charge is -2.15. The Balaban J connectivity index is 0.00000364. The molecule has 0 fully saturated rings. The molecule has 1 aromatic carbocycles. The third-order valence-electron chi connectivity index (χ3n) is 4.52. The maximum Gasteiger partial charge on any atom is 0.191 e. The van der Waals surface area contributed by atoms with E-state index in [0.717, 1.165) is 30.3 Å². The van der Waals surface area contributed by atoms with E-state index >= 15 is 0 Å². The summed E-state index contributed by atoms with van der Waals surface area (Å²) >= 11 is 0. The number of halogens is 1. The molecule has 0 spiro atoms. The molecule has 2 aromatic rings. The molecule has 1 heterocycles. The number of hydrogen-bond acceptors (Lipinski definition) is 4. The van der Waals surface area contributed by atoms with Gasteiger partial charge in [-0.25, -0.2) is 0 Å². The molecule has 0 unspecified atom stereocenters. The highest BCUT2D eigenvalue weighted by Gasteiger charge is 2.13. The van der Waals surface area contributed by atoms with Crippen molar-refractivity contribution in [3.05, 3.63) is 47.3 Å². The Morgan fingerprint density at radius 2 is 1.85 bits per heavy atom. The summed E-state index contributed by atoms with van der Waals surface area (Å²) in [6.07, 6.45) is 2.15. The SMILES string of the molecule is CCC(CC)c1cc(CNC(=NC)NCc2cccc(N(C)C)c2)on1.I. The van der Waals surface area contributed by atoms with Crippen molar-refractivity contribution < 1.29 is 4.52 Å². The van der Waals surface area contributed by atoms with Crippen molar-refractivity contribution in [2.24, 2.45) is 4.99 Å². The molecule has 0 radical (unpaired) electrons. The second-order valence-corrected chi connectivity index (χ2v) is 6.58. The molecule has 27 heavy (non-hydrogen) atoms. The molecular formula is C20H32IN5O. The zero-order valence-corrected chi connectivity index (χ0v) is 19.3. The van der Waals surface area contributed by atoms with Gasteiger partial charge in [0.1, 0.15) is 0 Å². The lowest BCUT2D eigenvalue weighted by Crippen LogP contribution is -2.36.